The Labute approximate surface area is 94.9 Å². The molecule has 1 amide bonds. The zero-order valence-corrected chi connectivity index (χ0v) is 9.48. The molecule has 0 aromatic heterocycles. The van der Waals surface area contributed by atoms with Crippen LogP contribution >= 0.6 is 0 Å². The van der Waals surface area contributed by atoms with E-state index in [2.05, 4.69) is 6.58 Å². The first-order valence-corrected chi connectivity index (χ1v) is 5.36. The lowest BCUT2D eigenvalue weighted by atomic mass is 9.92. The molecule has 0 aliphatic carbocycles. The van der Waals surface area contributed by atoms with Gasteiger partial charge in [-0.15, -0.1) is 0 Å². The third-order valence-corrected chi connectivity index (χ3v) is 3.11. The maximum Gasteiger partial charge on any atom is 0.332 e. The second-order valence-corrected chi connectivity index (χ2v) is 4.36. The second-order valence-electron chi connectivity index (χ2n) is 4.36. The molecule has 3 N–H and O–H groups in total. The smallest absolute Gasteiger partial charge is 0.332 e. The van der Waals surface area contributed by atoms with Crippen molar-refractivity contribution in [2.45, 2.75) is 25.8 Å². The lowest BCUT2D eigenvalue weighted by Gasteiger charge is -2.36. The molecule has 2 unspecified atom stereocenters. The number of hydrogen-bond acceptors (Lipinski definition) is 3. The Kier molecular flexibility index (Phi) is 4.06. The van der Waals surface area contributed by atoms with Crippen LogP contribution in [0, 0.1) is 5.92 Å². The summed E-state index contributed by atoms with van der Waals surface area (Å²) in [6.07, 6.45) is 1.65. The Balaban J connectivity index is 2.59. The Morgan fingerprint density at radius 2 is 2.12 bits per heavy atom. The Bertz CT molecular complexity index is 314. The first-order chi connectivity index (χ1) is 7.41. The number of carbonyl (C=O) groups is 2. The van der Waals surface area contributed by atoms with Crippen molar-refractivity contribution >= 4 is 11.9 Å². The number of carboxylic acid groups (broad SMARTS) is 1. The van der Waals surface area contributed by atoms with Crippen LogP contribution in [-0.4, -0.2) is 41.0 Å². The van der Waals surface area contributed by atoms with Crippen molar-refractivity contribution in [1.82, 2.24) is 4.90 Å². The number of amides is 1. The van der Waals surface area contributed by atoms with E-state index < -0.39 is 5.97 Å². The number of hydrogen-bond donors (Lipinski definition) is 2. The molecule has 5 heteroatoms. The summed E-state index contributed by atoms with van der Waals surface area (Å²) >= 11 is 0. The quantitative estimate of drug-likeness (QED) is 0.671. The van der Waals surface area contributed by atoms with Gasteiger partial charge in [0, 0.05) is 24.7 Å². The summed E-state index contributed by atoms with van der Waals surface area (Å²) in [5, 5.41) is 8.76. The summed E-state index contributed by atoms with van der Waals surface area (Å²) in [5.74, 6) is -1.47. The number of rotatable bonds is 4. The molecule has 0 aromatic carbocycles. The number of nitrogens with zero attached hydrogens (tertiary/aromatic N) is 1. The van der Waals surface area contributed by atoms with Gasteiger partial charge in [-0.25, -0.2) is 4.79 Å². The lowest BCUT2D eigenvalue weighted by Crippen LogP contribution is -2.46. The van der Waals surface area contributed by atoms with Crippen LogP contribution in [0.15, 0.2) is 12.2 Å². The van der Waals surface area contributed by atoms with Crippen LogP contribution in [0.5, 0.6) is 0 Å². The van der Waals surface area contributed by atoms with Crippen molar-refractivity contribution in [3.8, 4) is 0 Å². The second kappa shape index (κ2) is 5.12. The Morgan fingerprint density at radius 1 is 1.50 bits per heavy atom. The minimum atomic E-state index is -0.992. The molecule has 1 rings (SSSR count). The van der Waals surface area contributed by atoms with E-state index in [9.17, 15) is 9.59 Å². The highest BCUT2D eigenvalue weighted by Crippen LogP contribution is 2.22. The predicted octanol–water partition coefficient (Wildman–Crippen LogP) is 0.213. The third kappa shape index (κ3) is 3.06. The highest BCUT2D eigenvalue weighted by atomic mass is 16.4. The first-order valence-electron chi connectivity index (χ1n) is 5.36. The molecule has 0 bridgehead atoms. The topological polar surface area (TPSA) is 83.6 Å². The summed E-state index contributed by atoms with van der Waals surface area (Å²) in [7, 11) is 0. The minimum absolute atomic E-state index is 0.150. The van der Waals surface area contributed by atoms with E-state index in [1.807, 2.05) is 11.8 Å². The van der Waals surface area contributed by atoms with E-state index in [0.29, 0.717) is 13.1 Å². The number of carboxylic acids is 1. The number of carbonyl (C=O) groups excluding carboxylic acids is 1. The van der Waals surface area contributed by atoms with Crippen LogP contribution in [0.25, 0.3) is 0 Å². The predicted molar refractivity (Wildman–Crippen MR) is 59.7 cm³/mol. The molecule has 0 radical (unpaired) electrons. The molecular formula is C11H18N2O3. The molecule has 1 aliphatic heterocycles. The number of likely N-dealkylation sites (tertiary alicyclic amines) is 1. The molecule has 1 aliphatic rings. The molecule has 2 atom stereocenters. The molecular weight excluding hydrogens is 208 g/mol. The molecule has 90 valence electrons. The monoisotopic (exact) mass is 226 g/mol. The van der Waals surface area contributed by atoms with Gasteiger partial charge >= 0.3 is 5.97 Å². The fraction of sp³-hybridized carbons (Fsp3) is 0.636. The summed E-state index contributed by atoms with van der Waals surface area (Å²) in [6.45, 7) is 6.34. The van der Waals surface area contributed by atoms with E-state index >= 15 is 0 Å². The van der Waals surface area contributed by atoms with Gasteiger partial charge in [0.25, 0.3) is 0 Å². The van der Waals surface area contributed by atoms with Gasteiger partial charge < -0.3 is 10.8 Å². The van der Waals surface area contributed by atoms with E-state index in [4.69, 9.17) is 10.8 Å². The first kappa shape index (κ1) is 12.7. The zero-order chi connectivity index (χ0) is 12.3. The van der Waals surface area contributed by atoms with Gasteiger partial charge in [-0.1, -0.05) is 6.58 Å². The van der Waals surface area contributed by atoms with Crippen molar-refractivity contribution in [1.29, 1.82) is 0 Å². The van der Waals surface area contributed by atoms with Crippen LogP contribution < -0.4 is 5.73 Å². The van der Waals surface area contributed by atoms with Crippen molar-refractivity contribution in [2.24, 2.45) is 11.7 Å². The summed E-state index contributed by atoms with van der Waals surface area (Å²) < 4.78 is 0. The number of nitrogens with two attached hydrogens (primary N) is 1. The highest BCUT2D eigenvalue weighted by Gasteiger charge is 2.29. The average molecular weight is 226 g/mol. The van der Waals surface area contributed by atoms with Crippen molar-refractivity contribution < 1.29 is 14.7 Å². The van der Waals surface area contributed by atoms with Crippen molar-refractivity contribution in [3.63, 3.8) is 0 Å². The van der Waals surface area contributed by atoms with Gasteiger partial charge in [0.2, 0.25) is 5.91 Å². The molecule has 1 fully saturated rings. The number of primary amides is 1. The van der Waals surface area contributed by atoms with Crippen molar-refractivity contribution in [3.05, 3.63) is 12.2 Å². The van der Waals surface area contributed by atoms with E-state index in [1.54, 1.807) is 0 Å². The lowest BCUT2D eigenvalue weighted by molar-refractivity contribution is -0.133. The fourth-order valence-corrected chi connectivity index (χ4v) is 1.94. The summed E-state index contributed by atoms with van der Waals surface area (Å²) in [5.41, 5.74) is 5.41. The molecule has 1 heterocycles. The molecule has 0 saturated carbocycles. The molecule has 1 saturated heterocycles. The van der Waals surface area contributed by atoms with Gasteiger partial charge in [-0.3, -0.25) is 9.69 Å². The largest absolute Gasteiger partial charge is 0.478 e. The zero-order valence-electron chi connectivity index (χ0n) is 9.48. The standard InChI is InChI=1S/C11H18N2O3/c1-7(11(15)16)5-13-6-9(10(12)14)4-3-8(13)2/h8-9H,1,3-6H2,2H3,(H2,12,14)(H,15,16). The SMILES string of the molecule is C=C(CN1CC(C(N)=O)CCC1C)C(=O)O. The maximum atomic E-state index is 11.1. The molecule has 0 aromatic rings. The molecule has 0 spiro atoms. The van der Waals surface area contributed by atoms with Gasteiger partial charge in [-0.05, 0) is 19.8 Å². The molecule has 5 nitrogen and oxygen atoms in total. The van der Waals surface area contributed by atoms with Crippen LogP contribution in [0.3, 0.4) is 0 Å². The van der Waals surface area contributed by atoms with E-state index in [1.165, 1.54) is 0 Å². The van der Waals surface area contributed by atoms with E-state index in [0.717, 1.165) is 12.8 Å². The van der Waals surface area contributed by atoms with Gasteiger partial charge in [-0.2, -0.15) is 0 Å². The minimum Gasteiger partial charge on any atom is -0.478 e. The third-order valence-electron chi connectivity index (χ3n) is 3.11. The number of piperidine rings is 1. The van der Waals surface area contributed by atoms with Gasteiger partial charge in [0.05, 0.1) is 5.92 Å². The van der Waals surface area contributed by atoms with Crippen LogP contribution in [0.4, 0.5) is 0 Å². The number of aliphatic carboxylic acids is 1. The maximum absolute atomic E-state index is 11.1. The summed E-state index contributed by atoms with van der Waals surface area (Å²) in [6, 6.07) is 0.270. The van der Waals surface area contributed by atoms with E-state index in [-0.39, 0.29) is 23.4 Å². The van der Waals surface area contributed by atoms with Crippen LogP contribution in [-0.2, 0) is 9.59 Å². The van der Waals surface area contributed by atoms with Crippen LogP contribution in [0.1, 0.15) is 19.8 Å². The van der Waals surface area contributed by atoms with Gasteiger partial charge in [0.15, 0.2) is 0 Å². The Hall–Kier alpha value is -1.36. The summed E-state index contributed by atoms with van der Waals surface area (Å²) in [4.78, 5) is 23.7. The van der Waals surface area contributed by atoms with Gasteiger partial charge in [0.1, 0.15) is 0 Å². The Morgan fingerprint density at radius 3 is 2.62 bits per heavy atom. The molecule has 16 heavy (non-hydrogen) atoms. The average Bonchev–Trinajstić information content (AvgIpc) is 2.20. The fourth-order valence-electron chi connectivity index (χ4n) is 1.94. The van der Waals surface area contributed by atoms with Crippen molar-refractivity contribution in [2.75, 3.05) is 13.1 Å². The normalized spacial score (nSPS) is 26.3. The van der Waals surface area contributed by atoms with Crippen LogP contribution in [0.2, 0.25) is 0 Å². The highest BCUT2D eigenvalue weighted by molar-refractivity contribution is 5.86.